The number of nitrogens with zero attached hydrogens (tertiary/aromatic N) is 2. The third-order valence-electron chi connectivity index (χ3n) is 6.17. The minimum Gasteiger partial charge on any atom is -0.497 e. The number of imide groups is 1. The van der Waals surface area contributed by atoms with Gasteiger partial charge in [-0.25, -0.2) is 9.69 Å². The van der Waals surface area contributed by atoms with Crippen LogP contribution in [0.2, 0.25) is 0 Å². The van der Waals surface area contributed by atoms with E-state index in [1.807, 2.05) is 42.5 Å². The number of anilines is 1. The molecule has 0 bridgehead atoms. The molecule has 0 N–H and O–H groups in total. The van der Waals surface area contributed by atoms with Crippen molar-refractivity contribution in [3.05, 3.63) is 59.2 Å². The Labute approximate surface area is 206 Å². The van der Waals surface area contributed by atoms with Crippen LogP contribution in [-0.2, 0) is 16.0 Å². The number of methoxy groups -OCH3 is 3. The van der Waals surface area contributed by atoms with E-state index in [2.05, 4.69) is 4.90 Å². The second-order valence-corrected chi connectivity index (χ2v) is 9.51. The lowest BCUT2D eigenvalue weighted by Gasteiger charge is -2.40. The summed E-state index contributed by atoms with van der Waals surface area (Å²) in [6, 6.07) is 11.2. The maximum atomic E-state index is 13.6. The minimum atomic E-state index is -0.698. The van der Waals surface area contributed by atoms with E-state index < -0.39 is 17.7 Å². The first-order valence-corrected chi connectivity index (χ1v) is 11.6. The second kappa shape index (κ2) is 9.52. The Bertz CT molecular complexity index is 1150. The van der Waals surface area contributed by atoms with Gasteiger partial charge in [-0.05, 0) is 74.7 Å². The summed E-state index contributed by atoms with van der Waals surface area (Å²) >= 11 is 0. The van der Waals surface area contributed by atoms with Gasteiger partial charge in [-0.2, -0.15) is 0 Å². The van der Waals surface area contributed by atoms with Crippen LogP contribution in [0.15, 0.2) is 48.0 Å². The summed E-state index contributed by atoms with van der Waals surface area (Å²) < 4.78 is 21.9. The molecule has 2 amide bonds. The number of amides is 2. The highest BCUT2D eigenvalue weighted by Gasteiger charge is 2.41. The molecule has 0 aromatic heterocycles. The highest BCUT2D eigenvalue weighted by atomic mass is 16.6. The highest BCUT2D eigenvalue weighted by Crippen LogP contribution is 2.44. The Balaban J connectivity index is 1.76. The zero-order valence-corrected chi connectivity index (χ0v) is 21.1. The summed E-state index contributed by atoms with van der Waals surface area (Å²) in [5.41, 5.74) is 2.79. The fraction of sp³-hybridized carbons (Fsp3) is 0.407. The van der Waals surface area contributed by atoms with Crippen molar-refractivity contribution < 1.29 is 28.5 Å². The SMILES string of the molecule is COc1ccc(N2CCc3cc(OC)c(OC)cc3[C@H]2C2=CCN(C(=O)OC(C)(C)C)C2=O)cc1. The van der Waals surface area contributed by atoms with Gasteiger partial charge in [0.1, 0.15) is 11.4 Å². The summed E-state index contributed by atoms with van der Waals surface area (Å²) in [7, 11) is 4.82. The van der Waals surface area contributed by atoms with Crippen LogP contribution in [0.3, 0.4) is 0 Å². The van der Waals surface area contributed by atoms with Crippen LogP contribution in [-0.4, -0.2) is 56.9 Å². The number of carbonyl (C=O) groups excluding carboxylic acids is 2. The predicted octanol–water partition coefficient (Wildman–Crippen LogP) is 4.52. The average Bonchev–Trinajstić information content (AvgIpc) is 3.22. The number of hydrogen-bond acceptors (Lipinski definition) is 7. The Morgan fingerprint density at radius 1 is 0.971 bits per heavy atom. The smallest absolute Gasteiger partial charge is 0.417 e. The normalized spacial score (nSPS) is 17.6. The zero-order valence-electron chi connectivity index (χ0n) is 21.1. The Morgan fingerprint density at radius 3 is 2.23 bits per heavy atom. The minimum absolute atomic E-state index is 0.165. The summed E-state index contributed by atoms with van der Waals surface area (Å²) in [5.74, 6) is 1.62. The molecule has 0 fully saturated rings. The molecule has 8 nitrogen and oxygen atoms in total. The topological polar surface area (TPSA) is 77.5 Å². The van der Waals surface area contributed by atoms with Crippen molar-refractivity contribution in [3.63, 3.8) is 0 Å². The van der Waals surface area contributed by atoms with Crippen LogP contribution in [0.25, 0.3) is 0 Å². The van der Waals surface area contributed by atoms with Crippen molar-refractivity contribution in [1.82, 2.24) is 4.90 Å². The van der Waals surface area contributed by atoms with E-state index in [-0.39, 0.29) is 12.5 Å². The van der Waals surface area contributed by atoms with Crippen molar-refractivity contribution in [1.29, 1.82) is 0 Å². The number of ether oxygens (including phenoxy) is 4. The molecule has 35 heavy (non-hydrogen) atoms. The van der Waals surface area contributed by atoms with E-state index in [4.69, 9.17) is 18.9 Å². The van der Waals surface area contributed by atoms with Gasteiger partial charge in [0.05, 0.1) is 33.9 Å². The van der Waals surface area contributed by atoms with Crippen molar-refractivity contribution in [3.8, 4) is 17.2 Å². The average molecular weight is 481 g/mol. The fourth-order valence-corrected chi connectivity index (χ4v) is 4.55. The van der Waals surface area contributed by atoms with Gasteiger partial charge in [0.25, 0.3) is 5.91 Å². The number of rotatable bonds is 5. The molecule has 0 aliphatic carbocycles. The van der Waals surface area contributed by atoms with Crippen LogP contribution in [0.5, 0.6) is 17.2 Å². The predicted molar refractivity (Wildman–Crippen MR) is 132 cm³/mol. The van der Waals surface area contributed by atoms with Crippen LogP contribution < -0.4 is 19.1 Å². The van der Waals surface area contributed by atoms with E-state index in [9.17, 15) is 9.59 Å². The Hall–Kier alpha value is -3.68. The summed E-state index contributed by atoms with van der Waals surface area (Å²) in [6.07, 6.45) is 1.93. The molecule has 0 saturated carbocycles. The number of benzene rings is 2. The number of fused-ring (bicyclic) bond motifs is 1. The van der Waals surface area contributed by atoms with Crippen LogP contribution in [0, 0.1) is 0 Å². The van der Waals surface area contributed by atoms with Gasteiger partial charge in [0, 0.05) is 17.8 Å². The molecule has 0 saturated heterocycles. The highest BCUT2D eigenvalue weighted by molar-refractivity contribution is 6.06. The maximum Gasteiger partial charge on any atom is 0.417 e. The fourth-order valence-electron chi connectivity index (χ4n) is 4.55. The van der Waals surface area contributed by atoms with Gasteiger partial charge in [-0.3, -0.25) is 4.79 Å². The lowest BCUT2D eigenvalue weighted by atomic mass is 9.87. The third kappa shape index (κ3) is 4.78. The van der Waals surface area contributed by atoms with Gasteiger partial charge in [0.15, 0.2) is 11.5 Å². The van der Waals surface area contributed by atoms with E-state index in [1.165, 1.54) is 0 Å². The quantitative estimate of drug-likeness (QED) is 0.623. The molecule has 0 radical (unpaired) electrons. The lowest BCUT2D eigenvalue weighted by molar-refractivity contribution is -0.125. The molecule has 4 rings (SSSR count). The van der Waals surface area contributed by atoms with E-state index in [0.29, 0.717) is 23.6 Å². The van der Waals surface area contributed by atoms with Gasteiger partial charge in [-0.15, -0.1) is 0 Å². The van der Waals surface area contributed by atoms with Crippen molar-refractivity contribution in [2.24, 2.45) is 0 Å². The molecular weight excluding hydrogens is 448 g/mol. The standard InChI is InChI=1S/C27H32N2O6/c1-27(2,3)35-26(31)29-14-12-20(25(29)30)24-21-16-23(34-6)22(33-5)15-17(21)11-13-28(24)18-7-9-19(32-4)10-8-18/h7-10,12,15-16,24H,11,13-14H2,1-6H3/t24-/m1/s1. The lowest BCUT2D eigenvalue weighted by Crippen LogP contribution is -2.42. The van der Waals surface area contributed by atoms with Crippen LogP contribution >= 0.6 is 0 Å². The molecule has 2 aromatic carbocycles. The van der Waals surface area contributed by atoms with Gasteiger partial charge >= 0.3 is 6.09 Å². The molecule has 1 atom stereocenters. The second-order valence-electron chi connectivity index (χ2n) is 9.51. The van der Waals surface area contributed by atoms with Crippen molar-refractivity contribution >= 4 is 17.7 Å². The molecule has 0 unspecified atom stereocenters. The van der Waals surface area contributed by atoms with Crippen molar-refractivity contribution in [2.75, 3.05) is 39.3 Å². The van der Waals surface area contributed by atoms with Gasteiger partial charge < -0.3 is 23.8 Å². The molecule has 2 aliphatic rings. The Morgan fingerprint density at radius 2 is 1.63 bits per heavy atom. The van der Waals surface area contributed by atoms with Crippen LogP contribution in [0.4, 0.5) is 10.5 Å². The van der Waals surface area contributed by atoms with Crippen molar-refractivity contribution in [2.45, 2.75) is 38.8 Å². The molecular formula is C27H32N2O6. The molecule has 2 aromatic rings. The first kappa shape index (κ1) is 24.4. The summed E-state index contributed by atoms with van der Waals surface area (Å²) in [5, 5.41) is 0. The zero-order chi connectivity index (χ0) is 25.3. The number of carbonyl (C=O) groups is 2. The first-order valence-electron chi connectivity index (χ1n) is 11.6. The molecule has 0 spiro atoms. The molecule has 2 aliphatic heterocycles. The Kier molecular flexibility index (Phi) is 6.65. The van der Waals surface area contributed by atoms with Gasteiger partial charge in [-0.1, -0.05) is 6.08 Å². The maximum absolute atomic E-state index is 13.6. The largest absolute Gasteiger partial charge is 0.497 e. The third-order valence-corrected chi connectivity index (χ3v) is 6.17. The number of hydrogen-bond donors (Lipinski definition) is 0. The first-order chi connectivity index (χ1) is 16.7. The molecule has 2 heterocycles. The monoisotopic (exact) mass is 480 g/mol. The summed E-state index contributed by atoms with van der Waals surface area (Å²) in [6.45, 7) is 6.18. The molecule has 8 heteroatoms. The molecule has 186 valence electrons. The van der Waals surface area contributed by atoms with Crippen LogP contribution in [0.1, 0.15) is 37.9 Å². The van der Waals surface area contributed by atoms with E-state index in [1.54, 1.807) is 42.1 Å². The van der Waals surface area contributed by atoms with Gasteiger partial charge in [0.2, 0.25) is 0 Å². The summed E-state index contributed by atoms with van der Waals surface area (Å²) in [4.78, 5) is 29.6. The van der Waals surface area contributed by atoms with E-state index >= 15 is 0 Å². The van der Waals surface area contributed by atoms with E-state index in [0.717, 1.165) is 33.9 Å².